The van der Waals surface area contributed by atoms with Crippen molar-refractivity contribution in [3.63, 3.8) is 0 Å². The Hall–Kier alpha value is -3.07. The quantitative estimate of drug-likeness (QED) is 0.693. The van der Waals surface area contributed by atoms with Crippen LogP contribution in [0.5, 0.6) is 0 Å². The molecule has 0 fully saturated rings. The molecular weight excluding hydrogens is 344 g/mol. The molecule has 0 unspecified atom stereocenters. The number of carbonyl (C=O) groups excluding carboxylic acids is 1. The Kier molecular flexibility index (Phi) is 4.93. The summed E-state index contributed by atoms with van der Waals surface area (Å²) < 4.78 is 3.90. The lowest BCUT2D eigenvalue weighted by Crippen LogP contribution is -2.39. The number of hydrogen-bond donors (Lipinski definition) is 1. The van der Waals surface area contributed by atoms with Gasteiger partial charge in [0, 0.05) is 63.6 Å². The van der Waals surface area contributed by atoms with Gasteiger partial charge in [0.1, 0.15) is 5.69 Å². The minimum Gasteiger partial charge on any atom is -0.351 e. The molecule has 4 rings (SSSR count). The van der Waals surface area contributed by atoms with Crippen molar-refractivity contribution in [3.8, 4) is 0 Å². The molecule has 1 amide bonds. The minimum atomic E-state index is -0.202. The van der Waals surface area contributed by atoms with Crippen LogP contribution in [0.15, 0.2) is 43.2 Å². The van der Waals surface area contributed by atoms with Crippen LogP contribution in [0.1, 0.15) is 34.2 Å². The molecule has 9 nitrogen and oxygen atoms in total. The van der Waals surface area contributed by atoms with E-state index < -0.39 is 0 Å². The molecule has 0 radical (unpaired) electrons. The number of hydrogen-bond acceptors (Lipinski definition) is 6. The molecule has 9 heteroatoms. The van der Waals surface area contributed by atoms with Gasteiger partial charge in [-0.3, -0.25) is 24.0 Å². The maximum atomic E-state index is 12.1. The lowest BCUT2D eigenvalue weighted by atomic mass is 10.1. The standard InChI is InChI=1S/C18H22N8O/c1-24-10-14(8-23-24)11-25-12-15(26-16(13-25)3-5-22-26)2-4-21-18(27)17-9-19-6-7-20-17/h3,5-10,15H,2,4,11-13H2,1H3,(H,21,27)/t15-/m0/s1. The van der Waals surface area contributed by atoms with Gasteiger partial charge in [0.2, 0.25) is 0 Å². The van der Waals surface area contributed by atoms with Crippen molar-refractivity contribution in [1.82, 2.24) is 39.7 Å². The summed E-state index contributed by atoms with van der Waals surface area (Å²) in [6.45, 7) is 3.14. The van der Waals surface area contributed by atoms with E-state index in [1.165, 1.54) is 23.7 Å². The van der Waals surface area contributed by atoms with Crippen LogP contribution in [0.4, 0.5) is 0 Å². The molecule has 0 saturated heterocycles. The topological polar surface area (TPSA) is 93.8 Å². The number of fused-ring (bicyclic) bond motifs is 1. The smallest absolute Gasteiger partial charge is 0.271 e. The number of rotatable bonds is 6. The fraction of sp³-hybridized carbons (Fsp3) is 0.389. The molecule has 0 aliphatic carbocycles. The van der Waals surface area contributed by atoms with Crippen LogP contribution in [0, 0.1) is 0 Å². The van der Waals surface area contributed by atoms with Gasteiger partial charge >= 0.3 is 0 Å². The van der Waals surface area contributed by atoms with E-state index in [4.69, 9.17) is 0 Å². The minimum absolute atomic E-state index is 0.202. The van der Waals surface area contributed by atoms with Gasteiger partial charge in [-0.1, -0.05) is 0 Å². The van der Waals surface area contributed by atoms with Crippen LogP contribution in [-0.2, 0) is 20.1 Å². The van der Waals surface area contributed by atoms with Crippen molar-refractivity contribution in [2.75, 3.05) is 13.1 Å². The van der Waals surface area contributed by atoms with E-state index in [2.05, 4.69) is 41.1 Å². The normalized spacial score (nSPS) is 16.9. The Labute approximate surface area is 157 Å². The first-order valence-corrected chi connectivity index (χ1v) is 8.95. The first-order valence-electron chi connectivity index (χ1n) is 8.95. The molecule has 27 heavy (non-hydrogen) atoms. The largest absolute Gasteiger partial charge is 0.351 e. The van der Waals surface area contributed by atoms with E-state index in [0.29, 0.717) is 12.2 Å². The van der Waals surface area contributed by atoms with Crippen LogP contribution in [0.2, 0.25) is 0 Å². The Bertz CT molecular complexity index is 903. The predicted octanol–water partition coefficient (Wildman–Crippen LogP) is 0.784. The van der Waals surface area contributed by atoms with E-state index in [0.717, 1.165) is 26.1 Å². The van der Waals surface area contributed by atoms with Gasteiger partial charge < -0.3 is 5.32 Å². The summed E-state index contributed by atoms with van der Waals surface area (Å²) in [6.07, 6.45) is 11.1. The number of aromatic nitrogens is 6. The van der Waals surface area contributed by atoms with Crippen LogP contribution in [0.3, 0.4) is 0 Å². The molecule has 0 saturated carbocycles. The summed E-state index contributed by atoms with van der Waals surface area (Å²) in [5.74, 6) is -0.202. The van der Waals surface area contributed by atoms with Crippen LogP contribution >= 0.6 is 0 Å². The maximum absolute atomic E-state index is 12.1. The summed E-state index contributed by atoms with van der Waals surface area (Å²) in [6, 6.07) is 2.27. The van der Waals surface area contributed by atoms with Gasteiger partial charge in [-0.25, -0.2) is 4.98 Å². The second kappa shape index (κ2) is 7.67. The molecule has 0 spiro atoms. The van der Waals surface area contributed by atoms with Crippen molar-refractivity contribution in [3.05, 3.63) is 60.2 Å². The van der Waals surface area contributed by atoms with Gasteiger partial charge in [0.05, 0.1) is 24.1 Å². The number of carbonyl (C=O) groups is 1. The van der Waals surface area contributed by atoms with Crippen molar-refractivity contribution in [2.24, 2.45) is 7.05 Å². The molecule has 4 heterocycles. The van der Waals surface area contributed by atoms with Crippen molar-refractivity contribution in [1.29, 1.82) is 0 Å². The van der Waals surface area contributed by atoms with Crippen molar-refractivity contribution in [2.45, 2.75) is 25.6 Å². The highest BCUT2D eigenvalue weighted by molar-refractivity contribution is 5.91. The highest BCUT2D eigenvalue weighted by Crippen LogP contribution is 2.24. The zero-order valence-corrected chi connectivity index (χ0v) is 15.2. The Morgan fingerprint density at radius 1 is 1.26 bits per heavy atom. The van der Waals surface area contributed by atoms with E-state index in [9.17, 15) is 4.79 Å². The summed E-state index contributed by atoms with van der Waals surface area (Å²) in [5, 5.41) is 11.6. The SMILES string of the molecule is Cn1cc(CN2Cc3ccnn3[C@@H](CCNC(=O)c3cnccn3)C2)cn1. The van der Waals surface area contributed by atoms with Crippen LogP contribution in [-0.4, -0.2) is 53.4 Å². The predicted molar refractivity (Wildman–Crippen MR) is 97.6 cm³/mol. The third-order valence-corrected chi connectivity index (χ3v) is 4.68. The molecular formula is C18H22N8O. The summed E-state index contributed by atoms with van der Waals surface area (Å²) in [4.78, 5) is 22.5. The lowest BCUT2D eigenvalue weighted by Gasteiger charge is -2.33. The number of nitrogens with one attached hydrogen (secondary N) is 1. The highest BCUT2D eigenvalue weighted by atomic mass is 16.1. The van der Waals surface area contributed by atoms with E-state index >= 15 is 0 Å². The van der Waals surface area contributed by atoms with Gasteiger partial charge in [-0.05, 0) is 12.5 Å². The fourth-order valence-electron chi connectivity index (χ4n) is 3.47. The summed E-state index contributed by atoms with van der Waals surface area (Å²) >= 11 is 0. The summed E-state index contributed by atoms with van der Waals surface area (Å²) in [5.41, 5.74) is 2.72. The molecule has 3 aromatic heterocycles. The number of aryl methyl sites for hydroxylation is 1. The number of amides is 1. The third-order valence-electron chi connectivity index (χ3n) is 4.68. The van der Waals surface area contributed by atoms with Crippen molar-refractivity contribution >= 4 is 5.91 Å². The molecule has 3 aromatic rings. The highest BCUT2D eigenvalue weighted by Gasteiger charge is 2.25. The first kappa shape index (κ1) is 17.3. The lowest BCUT2D eigenvalue weighted by molar-refractivity contribution is 0.0941. The Morgan fingerprint density at radius 2 is 2.19 bits per heavy atom. The molecule has 140 valence electrons. The first-order chi connectivity index (χ1) is 13.2. The molecule has 0 bridgehead atoms. The molecule has 1 aliphatic rings. The van der Waals surface area contributed by atoms with Gasteiger partial charge in [0.15, 0.2) is 0 Å². The second-order valence-electron chi connectivity index (χ2n) is 6.75. The van der Waals surface area contributed by atoms with Gasteiger partial charge in [-0.2, -0.15) is 10.2 Å². The third kappa shape index (κ3) is 4.03. The zero-order chi connectivity index (χ0) is 18.6. The fourth-order valence-corrected chi connectivity index (χ4v) is 3.47. The molecule has 1 N–H and O–H groups in total. The molecule has 1 atom stereocenters. The molecule has 0 aromatic carbocycles. The second-order valence-corrected chi connectivity index (χ2v) is 6.75. The monoisotopic (exact) mass is 366 g/mol. The van der Waals surface area contributed by atoms with Crippen LogP contribution in [0.25, 0.3) is 0 Å². The van der Waals surface area contributed by atoms with E-state index in [1.807, 2.05) is 30.3 Å². The zero-order valence-electron chi connectivity index (χ0n) is 15.2. The van der Waals surface area contributed by atoms with E-state index in [1.54, 1.807) is 6.20 Å². The average molecular weight is 366 g/mol. The Morgan fingerprint density at radius 3 is 2.96 bits per heavy atom. The number of nitrogens with zero attached hydrogens (tertiary/aromatic N) is 7. The van der Waals surface area contributed by atoms with E-state index in [-0.39, 0.29) is 11.9 Å². The maximum Gasteiger partial charge on any atom is 0.271 e. The van der Waals surface area contributed by atoms with Crippen LogP contribution < -0.4 is 5.32 Å². The van der Waals surface area contributed by atoms with Gasteiger partial charge in [0.25, 0.3) is 5.91 Å². The average Bonchev–Trinajstić information content (AvgIpc) is 3.31. The summed E-state index contributed by atoms with van der Waals surface area (Å²) in [7, 11) is 1.93. The Balaban J connectivity index is 1.37. The van der Waals surface area contributed by atoms with Crippen molar-refractivity contribution < 1.29 is 4.79 Å². The molecule has 1 aliphatic heterocycles. The van der Waals surface area contributed by atoms with Gasteiger partial charge in [-0.15, -0.1) is 0 Å².